The first-order valence-electron chi connectivity index (χ1n) is 11.1. The van der Waals surface area contributed by atoms with E-state index in [4.69, 9.17) is 4.74 Å². The molecule has 0 aromatic rings. The minimum Gasteiger partial charge on any atom is -0.379 e. The summed E-state index contributed by atoms with van der Waals surface area (Å²) in [6.45, 7) is 10.4. The fourth-order valence-corrected chi connectivity index (χ4v) is 4.22. The number of amides is 1. The molecule has 28 heavy (non-hydrogen) atoms. The monoisotopic (exact) mass is 395 g/mol. The first kappa shape index (κ1) is 22.9. The molecule has 2 fully saturated rings. The molecule has 1 amide bonds. The Morgan fingerprint density at radius 2 is 1.79 bits per heavy atom. The van der Waals surface area contributed by atoms with Crippen molar-refractivity contribution < 1.29 is 9.53 Å². The van der Waals surface area contributed by atoms with Gasteiger partial charge in [-0.1, -0.05) is 26.7 Å². The number of ether oxygens (including phenoxy) is 1. The van der Waals surface area contributed by atoms with Crippen molar-refractivity contribution in [1.82, 2.24) is 20.9 Å². The molecule has 0 aromatic carbocycles. The summed E-state index contributed by atoms with van der Waals surface area (Å²) in [5, 5.41) is 9.80. The molecule has 2 rings (SSSR count). The zero-order chi connectivity index (χ0) is 20.2. The number of morpholine rings is 1. The van der Waals surface area contributed by atoms with Gasteiger partial charge in [-0.3, -0.25) is 14.7 Å². The van der Waals surface area contributed by atoms with Crippen LogP contribution in [0, 0.1) is 11.8 Å². The minimum atomic E-state index is 0.181. The van der Waals surface area contributed by atoms with Gasteiger partial charge >= 0.3 is 0 Å². The Morgan fingerprint density at radius 3 is 2.43 bits per heavy atom. The summed E-state index contributed by atoms with van der Waals surface area (Å²) < 4.78 is 5.50. The fraction of sp³-hybridized carbons (Fsp3) is 0.905. The van der Waals surface area contributed by atoms with Gasteiger partial charge in [-0.25, -0.2) is 0 Å². The summed E-state index contributed by atoms with van der Waals surface area (Å²) in [5.41, 5.74) is 0. The van der Waals surface area contributed by atoms with E-state index in [1.54, 1.807) is 7.05 Å². The molecule has 0 bridgehead atoms. The van der Waals surface area contributed by atoms with E-state index in [1.807, 2.05) is 0 Å². The second-order valence-corrected chi connectivity index (χ2v) is 8.52. The standard InChI is InChI=1S/C21H41N5O2/c1-17(2)14-19(26-10-12-28-13-11-26)16-25-21(22-3)24-9-8-23-20(27)15-18-6-4-5-7-18/h17-19H,4-16H2,1-3H3,(H,23,27)(H2,22,24,25). The predicted octanol–water partition coefficient (Wildman–Crippen LogP) is 1.59. The van der Waals surface area contributed by atoms with Crippen LogP contribution < -0.4 is 16.0 Å². The van der Waals surface area contributed by atoms with Crippen LogP contribution in [0.4, 0.5) is 0 Å². The summed E-state index contributed by atoms with van der Waals surface area (Å²) in [4.78, 5) is 18.8. The van der Waals surface area contributed by atoms with Gasteiger partial charge in [0.2, 0.25) is 5.91 Å². The molecule has 1 saturated heterocycles. The molecule has 0 spiro atoms. The predicted molar refractivity (Wildman–Crippen MR) is 115 cm³/mol. The summed E-state index contributed by atoms with van der Waals surface area (Å²) in [6.07, 6.45) is 6.82. The molecule has 1 aliphatic carbocycles. The van der Waals surface area contributed by atoms with Crippen LogP contribution in [0.2, 0.25) is 0 Å². The van der Waals surface area contributed by atoms with E-state index >= 15 is 0 Å². The van der Waals surface area contributed by atoms with Crippen LogP contribution in [-0.4, -0.2) is 75.8 Å². The Labute approximate surface area is 171 Å². The van der Waals surface area contributed by atoms with Crippen molar-refractivity contribution in [3.63, 3.8) is 0 Å². The lowest BCUT2D eigenvalue weighted by atomic mass is 10.0. The molecule has 1 unspecified atom stereocenters. The average molecular weight is 396 g/mol. The molecule has 162 valence electrons. The molecule has 1 heterocycles. The SMILES string of the molecule is CN=C(NCCNC(=O)CC1CCCC1)NCC(CC(C)C)N1CCOCC1. The Kier molecular flexibility index (Phi) is 10.6. The second-order valence-electron chi connectivity index (χ2n) is 8.52. The van der Waals surface area contributed by atoms with E-state index in [1.165, 1.54) is 25.7 Å². The third kappa shape index (κ3) is 8.78. The van der Waals surface area contributed by atoms with Crippen molar-refractivity contribution >= 4 is 11.9 Å². The molecular formula is C21H41N5O2. The van der Waals surface area contributed by atoms with E-state index in [0.717, 1.165) is 45.2 Å². The number of carbonyl (C=O) groups is 1. The molecule has 1 atom stereocenters. The molecule has 3 N–H and O–H groups in total. The molecule has 7 nitrogen and oxygen atoms in total. The third-order valence-corrected chi connectivity index (χ3v) is 5.72. The van der Waals surface area contributed by atoms with E-state index in [-0.39, 0.29) is 5.91 Å². The van der Waals surface area contributed by atoms with E-state index in [2.05, 4.69) is 39.7 Å². The van der Waals surface area contributed by atoms with Crippen LogP contribution in [-0.2, 0) is 9.53 Å². The number of carbonyl (C=O) groups excluding carboxylic acids is 1. The van der Waals surface area contributed by atoms with Crippen molar-refractivity contribution in [2.24, 2.45) is 16.8 Å². The van der Waals surface area contributed by atoms with E-state index < -0.39 is 0 Å². The highest BCUT2D eigenvalue weighted by molar-refractivity contribution is 5.80. The maximum Gasteiger partial charge on any atom is 0.220 e. The first-order valence-corrected chi connectivity index (χ1v) is 11.1. The zero-order valence-corrected chi connectivity index (χ0v) is 18.1. The minimum absolute atomic E-state index is 0.181. The molecule has 0 radical (unpaired) electrons. The molecular weight excluding hydrogens is 354 g/mol. The molecule has 1 saturated carbocycles. The van der Waals surface area contributed by atoms with Gasteiger partial charge in [-0.2, -0.15) is 0 Å². The zero-order valence-electron chi connectivity index (χ0n) is 18.1. The lowest BCUT2D eigenvalue weighted by Gasteiger charge is -2.35. The van der Waals surface area contributed by atoms with Gasteiger partial charge < -0.3 is 20.7 Å². The normalized spacial score (nSPS) is 20.4. The van der Waals surface area contributed by atoms with Gasteiger partial charge in [0.15, 0.2) is 5.96 Å². The Morgan fingerprint density at radius 1 is 1.11 bits per heavy atom. The number of aliphatic imine (C=N–C) groups is 1. The quantitative estimate of drug-likeness (QED) is 0.297. The van der Waals surface area contributed by atoms with Crippen LogP contribution in [0.5, 0.6) is 0 Å². The van der Waals surface area contributed by atoms with E-state index in [9.17, 15) is 4.79 Å². The van der Waals surface area contributed by atoms with Crippen LogP contribution in [0.25, 0.3) is 0 Å². The Bertz CT molecular complexity index is 471. The van der Waals surface area contributed by atoms with Gasteiger partial charge in [0, 0.05) is 52.2 Å². The van der Waals surface area contributed by atoms with Crippen molar-refractivity contribution in [2.75, 3.05) is 53.0 Å². The number of guanidine groups is 1. The van der Waals surface area contributed by atoms with Gasteiger partial charge in [0.05, 0.1) is 13.2 Å². The molecule has 0 aromatic heterocycles. The number of nitrogens with zero attached hydrogens (tertiary/aromatic N) is 2. The van der Waals surface area contributed by atoms with Crippen molar-refractivity contribution in [3.05, 3.63) is 0 Å². The number of hydrogen-bond donors (Lipinski definition) is 3. The molecule has 1 aliphatic heterocycles. The smallest absolute Gasteiger partial charge is 0.220 e. The van der Waals surface area contributed by atoms with Gasteiger partial charge in [-0.15, -0.1) is 0 Å². The Balaban J connectivity index is 1.65. The van der Waals surface area contributed by atoms with E-state index in [0.29, 0.717) is 37.4 Å². The number of rotatable bonds is 10. The van der Waals surface area contributed by atoms with Gasteiger partial charge in [0.1, 0.15) is 0 Å². The molecule has 7 heteroatoms. The van der Waals surface area contributed by atoms with Crippen molar-refractivity contribution in [2.45, 2.75) is 58.4 Å². The Hall–Kier alpha value is -1.34. The fourth-order valence-electron chi connectivity index (χ4n) is 4.22. The maximum absolute atomic E-state index is 12.0. The van der Waals surface area contributed by atoms with Crippen LogP contribution in [0.1, 0.15) is 52.4 Å². The van der Waals surface area contributed by atoms with Crippen molar-refractivity contribution in [1.29, 1.82) is 0 Å². The highest BCUT2D eigenvalue weighted by Gasteiger charge is 2.22. The van der Waals surface area contributed by atoms with Gasteiger partial charge in [0.25, 0.3) is 0 Å². The topological polar surface area (TPSA) is 78.0 Å². The largest absolute Gasteiger partial charge is 0.379 e. The third-order valence-electron chi connectivity index (χ3n) is 5.72. The lowest BCUT2D eigenvalue weighted by Crippen LogP contribution is -2.51. The summed E-state index contributed by atoms with van der Waals surface area (Å²) in [5.74, 6) is 2.23. The first-order chi connectivity index (χ1) is 13.6. The number of hydrogen-bond acceptors (Lipinski definition) is 4. The maximum atomic E-state index is 12.0. The molecule has 2 aliphatic rings. The summed E-state index contributed by atoms with van der Waals surface area (Å²) >= 11 is 0. The average Bonchev–Trinajstić information content (AvgIpc) is 3.19. The van der Waals surface area contributed by atoms with Crippen LogP contribution in [0.3, 0.4) is 0 Å². The summed E-state index contributed by atoms with van der Waals surface area (Å²) in [6, 6.07) is 0.480. The second kappa shape index (κ2) is 13.0. The van der Waals surface area contributed by atoms with Crippen molar-refractivity contribution in [3.8, 4) is 0 Å². The summed E-state index contributed by atoms with van der Waals surface area (Å²) in [7, 11) is 1.79. The number of nitrogens with one attached hydrogen (secondary N) is 3. The highest BCUT2D eigenvalue weighted by Crippen LogP contribution is 2.27. The lowest BCUT2D eigenvalue weighted by molar-refractivity contribution is -0.121. The van der Waals surface area contributed by atoms with Crippen LogP contribution >= 0.6 is 0 Å². The van der Waals surface area contributed by atoms with Crippen LogP contribution in [0.15, 0.2) is 4.99 Å². The highest BCUT2D eigenvalue weighted by atomic mass is 16.5. The van der Waals surface area contributed by atoms with Gasteiger partial charge in [-0.05, 0) is 31.1 Å².